The van der Waals surface area contributed by atoms with E-state index in [4.69, 9.17) is 22.1 Å². The second-order valence-corrected chi connectivity index (χ2v) is 6.04. The van der Waals surface area contributed by atoms with Crippen molar-refractivity contribution in [1.82, 2.24) is 4.90 Å². The van der Waals surface area contributed by atoms with Crippen LogP contribution in [0.3, 0.4) is 0 Å². The molecule has 0 aromatic heterocycles. The zero-order valence-corrected chi connectivity index (χ0v) is 13.5. The molecule has 1 amide bonds. The number of likely N-dealkylation sites (tertiary alicyclic amines) is 1. The molecule has 140 valence electrons. The molecule has 2 N–H and O–H groups in total. The minimum atomic E-state index is -5.54. The first-order valence-corrected chi connectivity index (χ1v) is 7.27. The molecule has 2 rings (SSSR count). The maximum atomic E-state index is 13.1. The summed E-state index contributed by atoms with van der Waals surface area (Å²) in [6, 6.07) is 2.23. The predicted molar refractivity (Wildman–Crippen MR) is 77.5 cm³/mol. The molecule has 1 heterocycles. The van der Waals surface area contributed by atoms with Gasteiger partial charge in [-0.05, 0) is 12.5 Å². The number of hydrogen-bond acceptors (Lipinski definition) is 3. The van der Waals surface area contributed by atoms with Crippen molar-refractivity contribution in [2.24, 2.45) is 5.41 Å². The van der Waals surface area contributed by atoms with Crippen LogP contribution < -0.4 is 10.5 Å². The number of alkyl halides is 6. The summed E-state index contributed by atoms with van der Waals surface area (Å²) in [6.45, 7) is -2.23. The number of ether oxygens (including phenoxy) is 1. The Kier molecular flexibility index (Phi) is 4.79. The van der Waals surface area contributed by atoms with Gasteiger partial charge in [-0.25, -0.2) is 0 Å². The molecule has 1 fully saturated rings. The predicted octanol–water partition coefficient (Wildman–Crippen LogP) is 3.89. The first-order valence-electron chi connectivity index (χ1n) is 6.90. The van der Waals surface area contributed by atoms with Gasteiger partial charge in [0, 0.05) is 19.2 Å². The minimum Gasteiger partial charge on any atom is -0.496 e. The standard InChI is InChI=1S/C14H13ClF6N2O2/c1-25-10-5-9(22)8(15)4-7(10)11(24)23-3-2-12(6-23,13(16,17)18)14(19,20)21/h4-5H,2-3,6,22H2,1H3. The van der Waals surface area contributed by atoms with Crippen LogP contribution >= 0.6 is 11.6 Å². The van der Waals surface area contributed by atoms with Crippen LogP contribution in [-0.2, 0) is 0 Å². The molecule has 4 nitrogen and oxygen atoms in total. The number of halogens is 7. The molecular weight excluding hydrogens is 378 g/mol. The van der Waals surface area contributed by atoms with E-state index in [1.54, 1.807) is 0 Å². The molecule has 1 aromatic rings. The van der Waals surface area contributed by atoms with Crippen molar-refractivity contribution in [3.8, 4) is 5.75 Å². The zero-order chi connectivity index (χ0) is 19.2. The molecule has 25 heavy (non-hydrogen) atoms. The van der Waals surface area contributed by atoms with Gasteiger partial charge in [0.2, 0.25) is 0 Å². The molecule has 1 aliphatic heterocycles. The van der Waals surface area contributed by atoms with E-state index in [0.717, 1.165) is 6.07 Å². The fourth-order valence-corrected chi connectivity index (χ4v) is 2.85. The van der Waals surface area contributed by atoms with E-state index in [1.165, 1.54) is 13.2 Å². The Labute approximate surface area is 143 Å². The quantitative estimate of drug-likeness (QED) is 0.616. The highest BCUT2D eigenvalue weighted by Crippen LogP contribution is 2.55. The number of hydrogen-bond donors (Lipinski definition) is 1. The highest BCUT2D eigenvalue weighted by atomic mass is 35.5. The number of amides is 1. The third-order valence-corrected chi connectivity index (χ3v) is 4.52. The summed E-state index contributed by atoms with van der Waals surface area (Å²) in [5.74, 6) is -1.14. The van der Waals surface area contributed by atoms with Crippen LogP contribution in [0, 0.1) is 5.41 Å². The van der Waals surface area contributed by atoms with Crippen LogP contribution in [-0.4, -0.2) is 43.4 Å². The van der Waals surface area contributed by atoms with E-state index in [0.29, 0.717) is 4.90 Å². The maximum Gasteiger partial charge on any atom is 0.404 e. The number of benzene rings is 1. The van der Waals surface area contributed by atoms with E-state index in [-0.39, 0.29) is 22.0 Å². The molecule has 1 aromatic carbocycles. The van der Waals surface area contributed by atoms with E-state index >= 15 is 0 Å². The van der Waals surface area contributed by atoms with E-state index in [2.05, 4.69) is 0 Å². The van der Waals surface area contributed by atoms with Crippen LogP contribution in [0.4, 0.5) is 32.0 Å². The number of rotatable bonds is 2. The summed E-state index contributed by atoms with van der Waals surface area (Å²) in [5.41, 5.74) is 1.37. The second kappa shape index (κ2) is 6.15. The summed E-state index contributed by atoms with van der Waals surface area (Å²) in [7, 11) is 1.18. The summed E-state index contributed by atoms with van der Waals surface area (Å²) >= 11 is 5.78. The van der Waals surface area contributed by atoms with Crippen LogP contribution in [0.15, 0.2) is 12.1 Å². The summed E-state index contributed by atoms with van der Waals surface area (Å²) in [4.78, 5) is 12.9. The first kappa shape index (κ1) is 19.5. The normalized spacial score (nSPS) is 17.7. The first-order chi connectivity index (χ1) is 11.3. The lowest BCUT2D eigenvalue weighted by Crippen LogP contribution is -2.52. The SMILES string of the molecule is COc1cc(N)c(Cl)cc1C(=O)N1CCC(C(F)(F)F)(C(F)(F)F)C1. The number of carbonyl (C=O) groups is 1. The Bertz CT molecular complexity index is 675. The molecule has 1 saturated heterocycles. The Hall–Kier alpha value is -1.84. The van der Waals surface area contributed by atoms with Crippen LogP contribution in [0.25, 0.3) is 0 Å². The van der Waals surface area contributed by atoms with E-state index < -0.39 is 43.2 Å². The Morgan fingerprint density at radius 3 is 2.24 bits per heavy atom. The van der Waals surface area contributed by atoms with E-state index in [9.17, 15) is 31.1 Å². The molecule has 0 unspecified atom stereocenters. The van der Waals surface area contributed by atoms with Gasteiger partial charge >= 0.3 is 12.4 Å². The van der Waals surface area contributed by atoms with Gasteiger partial charge in [-0.2, -0.15) is 26.3 Å². The highest BCUT2D eigenvalue weighted by Gasteiger charge is 2.72. The van der Waals surface area contributed by atoms with Crippen LogP contribution in [0.5, 0.6) is 5.75 Å². The number of methoxy groups -OCH3 is 1. The molecule has 0 spiro atoms. The number of nitrogen functional groups attached to an aromatic ring is 1. The number of carbonyl (C=O) groups excluding carboxylic acids is 1. The Morgan fingerprint density at radius 2 is 1.80 bits per heavy atom. The molecule has 0 radical (unpaired) electrons. The van der Waals surface area contributed by atoms with Gasteiger partial charge in [0.1, 0.15) is 5.75 Å². The lowest BCUT2D eigenvalue weighted by atomic mass is 9.85. The summed E-state index contributed by atoms with van der Waals surface area (Å²) in [6.07, 6.45) is -12.3. The third-order valence-electron chi connectivity index (χ3n) is 4.19. The van der Waals surface area contributed by atoms with Crippen molar-refractivity contribution in [1.29, 1.82) is 0 Å². The summed E-state index contributed by atoms with van der Waals surface area (Å²) in [5, 5.41) is -0.0683. The fourth-order valence-electron chi connectivity index (χ4n) is 2.68. The van der Waals surface area contributed by atoms with Crippen molar-refractivity contribution in [2.45, 2.75) is 18.8 Å². The van der Waals surface area contributed by atoms with Gasteiger partial charge < -0.3 is 15.4 Å². The Balaban J connectivity index is 2.39. The third kappa shape index (κ3) is 3.19. The second-order valence-electron chi connectivity index (χ2n) is 5.63. The van der Waals surface area contributed by atoms with Gasteiger partial charge in [-0.1, -0.05) is 11.6 Å². The monoisotopic (exact) mass is 390 g/mol. The van der Waals surface area contributed by atoms with Crippen molar-refractivity contribution >= 4 is 23.2 Å². The van der Waals surface area contributed by atoms with Crippen LogP contribution in [0.2, 0.25) is 5.02 Å². The molecule has 0 bridgehead atoms. The number of nitrogens with zero attached hydrogens (tertiary/aromatic N) is 1. The Morgan fingerprint density at radius 1 is 1.24 bits per heavy atom. The lowest BCUT2D eigenvalue weighted by molar-refractivity contribution is -0.334. The maximum absolute atomic E-state index is 13.1. The van der Waals surface area contributed by atoms with Crippen molar-refractivity contribution < 1.29 is 35.9 Å². The number of nitrogens with two attached hydrogens (primary N) is 1. The molecular formula is C14H13ClF6N2O2. The molecule has 0 aliphatic carbocycles. The number of anilines is 1. The lowest BCUT2D eigenvalue weighted by Gasteiger charge is -2.33. The molecule has 0 saturated carbocycles. The van der Waals surface area contributed by atoms with Crippen molar-refractivity contribution in [2.75, 3.05) is 25.9 Å². The van der Waals surface area contributed by atoms with Crippen molar-refractivity contribution in [3.05, 3.63) is 22.7 Å². The van der Waals surface area contributed by atoms with Crippen LogP contribution in [0.1, 0.15) is 16.8 Å². The topological polar surface area (TPSA) is 55.6 Å². The van der Waals surface area contributed by atoms with Gasteiger partial charge in [0.05, 0.1) is 23.4 Å². The average Bonchev–Trinajstić information content (AvgIpc) is 2.95. The van der Waals surface area contributed by atoms with Crippen molar-refractivity contribution in [3.63, 3.8) is 0 Å². The molecule has 11 heteroatoms. The highest BCUT2D eigenvalue weighted by molar-refractivity contribution is 6.33. The molecule has 1 aliphatic rings. The van der Waals surface area contributed by atoms with Gasteiger partial charge in [0.25, 0.3) is 5.91 Å². The fraction of sp³-hybridized carbons (Fsp3) is 0.500. The summed E-state index contributed by atoms with van der Waals surface area (Å²) < 4.78 is 83.5. The molecule has 0 atom stereocenters. The van der Waals surface area contributed by atoms with Gasteiger partial charge in [-0.15, -0.1) is 0 Å². The van der Waals surface area contributed by atoms with E-state index in [1.807, 2.05) is 0 Å². The average molecular weight is 391 g/mol. The minimum absolute atomic E-state index is 0.0522. The largest absolute Gasteiger partial charge is 0.496 e. The zero-order valence-electron chi connectivity index (χ0n) is 12.8. The van der Waals surface area contributed by atoms with Gasteiger partial charge in [-0.3, -0.25) is 4.79 Å². The van der Waals surface area contributed by atoms with Gasteiger partial charge in [0.15, 0.2) is 5.41 Å². The smallest absolute Gasteiger partial charge is 0.404 e.